The van der Waals surface area contributed by atoms with Gasteiger partial charge in [0, 0.05) is 17.1 Å². The number of hydrogen-bond donors (Lipinski definition) is 1. The molecule has 0 saturated heterocycles. The van der Waals surface area contributed by atoms with E-state index in [0.29, 0.717) is 11.8 Å². The monoisotopic (exact) mass is 313 g/mol. The molecule has 0 spiro atoms. The molecule has 1 unspecified atom stereocenters. The van der Waals surface area contributed by atoms with Gasteiger partial charge in [0.1, 0.15) is 5.75 Å². The Morgan fingerprint density at radius 3 is 2.67 bits per heavy atom. The van der Waals surface area contributed by atoms with Crippen molar-refractivity contribution in [3.05, 3.63) is 28.2 Å². The van der Waals surface area contributed by atoms with Gasteiger partial charge in [0.25, 0.3) is 0 Å². The molecule has 2 nitrogen and oxygen atoms in total. The first-order valence-corrected chi connectivity index (χ1v) is 7.59. The first kappa shape index (κ1) is 15.5. The summed E-state index contributed by atoms with van der Waals surface area (Å²) in [4.78, 5) is 2.49. The fourth-order valence-electron chi connectivity index (χ4n) is 1.98. The number of aromatic hydroxyl groups is 1. The van der Waals surface area contributed by atoms with Crippen molar-refractivity contribution in [2.45, 2.75) is 52.6 Å². The number of hydrogen-bond acceptors (Lipinski definition) is 2. The van der Waals surface area contributed by atoms with E-state index in [1.165, 1.54) is 12.8 Å². The molecule has 1 atom stereocenters. The van der Waals surface area contributed by atoms with Crippen LogP contribution in [0.2, 0.25) is 0 Å². The van der Waals surface area contributed by atoms with Gasteiger partial charge < -0.3 is 5.11 Å². The number of nitrogens with zero attached hydrogens (tertiary/aromatic N) is 1. The number of benzene rings is 1. The molecule has 0 fully saturated rings. The Morgan fingerprint density at radius 2 is 2.06 bits per heavy atom. The van der Waals surface area contributed by atoms with Gasteiger partial charge in [0.05, 0.1) is 0 Å². The summed E-state index contributed by atoms with van der Waals surface area (Å²) in [5.74, 6) is 0.341. The lowest BCUT2D eigenvalue weighted by Crippen LogP contribution is -2.33. The van der Waals surface area contributed by atoms with Gasteiger partial charge in [-0.05, 0) is 50.1 Å². The lowest BCUT2D eigenvalue weighted by Gasteiger charge is -2.28. The summed E-state index contributed by atoms with van der Waals surface area (Å²) in [6.07, 6.45) is 3.59. The molecule has 1 rings (SSSR count). The Labute approximate surface area is 119 Å². The van der Waals surface area contributed by atoms with Crippen LogP contribution in [0.1, 0.15) is 45.6 Å². The van der Waals surface area contributed by atoms with Crippen molar-refractivity contribution in [2.24, 2.45) is 0 Å². The average molecular weight is 314 g/mol. The minimum absolute atomic E-state index is 0.341. The molecular weight excluding hydrogens is 290 g/mol. The van der Waals surface area contributed by atoms with Crippen LogP contribution in [-0.2, 0) is 6.54 Å². The van der Waals surface area contributed by atoms with Gasteiger partial charge in [0.15, 0.2) is 0 Å². The van der Waals surface area contributed by atoms with Crippen LogP contribution < -0.4 is 0 Å². The quantitative estimate of drug-likeness (QED) is 0.798. The predicted molar refractivity (Wildman–Crippen MR) is 80.9 cm³/mol. The molecule has 0 bridgehead atoms. The van der Waals surface area contributed by atoms with E-state index in [-0.39, 0.29) is 0 Å². The minimum atomic E-state index is 0.341. The van der Waals surface area contributed by atoms with E-state index in [0.717, 1.165) is 29.5 Å². The van der Waals surface area contributed by atoms with Crippen LogP contribution in [0.3, 0.4) is 0 Å². The number of rotatable bonds is 7. The molecule has 0 aliphatic rings. The summed E-state index contributed by atoms with van der Waals surface area (Å²) < 4.78 is 1.07. The zero-order valence-electron chi connectivity index (χ0n) is 11.6. The van der Waals surface area contributed by atoms with Crippen LogP contribution in [-0.4, -0.2) is 22.6 Å². The normalized spacial score (nSPS) is 12.9. The highest BCUT2D eigenvalue weighted by molar-refractivity contribution is 9.10. The Bertz CT molecular complexity index is 368. The number of halogens is 1. The third-order valence-corrected chi connectivity index (χ3v) is 4.19. The van der Waals surface area contributed by atoms with Gasteiger partial charge in [-0.25, -0.2) is 0 Å². The fraction of sp³-hybridized carbons (Fsp3) is 0.600. The van der Waals surface area contributed by atoms with Gasteiger partial charge in [-0.3, -0.25) is 4.90 Å². The maximum Gasteiger partial charge on any atom is 0.115 e. The SMILES string of the molecule is CCCCN(Cc1cc(O)ccc1Br)C(C)CC. The van der Waals surface area contributed by atoms with Gasteiger partial charge >= 0.3 is 0 Å². The number of phenols is 1. The summed E-state index contributed by atoms with van der Waals surface area (Å²) >= 11 is 3.56. The molecule has 3 heteroatoms. The molecule has 0 aliphatic carbocycles. The molecule has 1 aromatic carbocycles. The molecular formula is C15H24BrNO. The Balaban J connectivity index is 2.77. The molecule has 0 saturated carbocycles. The second-order valence-electron chi connectivity index (χ2n) is 4.86. The summed E-state index contributed by atoms with van der Waals surface area (Å²) in [6, 6.07) is 6.06. The first-order valence-electron chi connectivity index (χ1n) is 6.79. The third-order valence-electron chi connectivity index (χ3n) is 3.42. The van der Waals surface area contributed by atoms with Crippen molar-refractivity contribution in [1.82, 2.24) is 4.90 Å². The largest absolute Gasteiger partial charge is 0.508 e. The van der Waals surface area contributed by atoms with Crippen molar-refractivity contribution >= 4 is 15.9 Å². The molecule has 0 aliphatic heterocycles. The van der Waals surface area contributed by atoms with Crippen LogP contribution in [0.4, 0.5) is 0 Å². The molecule has 0 heterocycles. The van der Waals surface area contributed by atoms with Crippen molar-refractivity contribution in [2.75, 3.05) is 6.54 Å². The van der Waals surface area contributed by atoms with Crippen LogP contribution >= 0.6 is 15.9 Å². The highest BCUT2D eigenvalue weighted by Crippen LogP contribution is 2.24. The van der Waals surface area contributed by atoms with E-state index in [1.807, 2.05) is 12.1 Å². The minimum Gasteiger partial charge on any atom is -0.508 e. The van der Waals surface area contributed by atoms with E-state index in [2.05, 4.69) is 41.6 Å². The molecule has 0 radical (unpaired) electrons. The van der Waals surface area contributed by atoms with Crippen LogP contribution in [0.5, 0.6) is 5.75 Å². The maximum absolute atomic E-state index is 9.58. The molecule has 0 amide bonds. The van der Waals surface area contributed by atoms with Gasteiger partial charge in [-0.2, -0.15) is 0 Å². The van der Waals surface area contributed by atoms with Crippen molar-refractivity contribution in [1.29, 1.82) is 0 Å². The molecule has 1 aromatic rings. The van der Waals surface area contributed by atoms with E-state index < -0.39 is 0 Å². The van der Waals surface area contributed by atoms with E-state index in [4.69, 9.17) is 0 Å². The number of unbranched alkanes of at least 4 members (excludes halogenated alkanes) is 1. The second kappa shape index (κ2) is 7.80. The van der Waals surface area contributed by atoms with Crippen LogP contribution in [0, 0.1) is 0 Å². The van der Waals surface area contributed by atoms with E-state index in [9.17, 15) is 5.11 Å². The lowest BCUT2D eigenvalue weighted by atomic mass is 10.1. The zero-order chi connectivity index (χ0) is 13.5. The maximum atomic E-state index is 9.58. The van der Waals surface area contributed by atoms with Gasteiger partial charge in [-0.1, -0.05) is 36.2 Å². The molecule has 0 aromatic heterocycles. The average Bonchev–Trinajstić information content (AvgIpc) is 2.37. The van der Waals surface area contributed by atoms with Crippen LogP contribution in [0.15, 0.2) is 22.7 Å². The predicted octanol–water partition coefficient (Wildman–Crippen LogP) is 4.56. The Kier molecular flexibility index (Phi) is 6.72. The standard InChI is InChI=1S/C15H24BrNO/c1-4-6-9-17(12(3)5-2)11-13-10-14(18)7-8-15(13)16/h7-8,10,12,18H,4-6,9,11H2,1-3H3. The summed E-state index contributed by atoms with van der Waals surface area (Å²) in [7, 11) is 0. The smallest absolute Gasteiger partial charge is 0.115 e. The summed E-state index contributed by atoms with van der Waals surface area (Å²) in [5, 5.41) is 9.58. The topological polar surface area (TPSA) is 23.5 Å². The molecule has 102 valence electrons. The lowest BCUT2D eigenvalue weighted by molar-refractivity contribution is 0.191. The fourth-order valence-corrected chi connectivity index (χ4v) is 2.35. The highest BCUT2D eigenvalue weighted by Gasteiger charge is 2.13. The van der Waals surface area contributed by atoms with Crippen molar-refractivity contribution < 1.29 is 5.11 Å². The summed E-state index contributed by atoms with van der Waals surface area (Å²) in [6.45, 7) is 8.73. The van der Waals surface area contributed by atoms with Crippen LogP contribution in [0.25, 0.3) is 0 Å². The number of phenolic OH excluding ortho intramolecular Hbond substituents is 1. The van der Waals surface area contributed by atoms with Gasteiger partial charge in [0.2, 0.25) is 0 Å². The van der Waals surface area contributed by atoms with Crippen molar-refractivity contribution in [3.63, 3.8) is 0 Å². The van der Waals surface area contributed by atoms with E-state index in [1.54, 1.807) is 6.07 Å². The van der Waals surface area contributed by atoms with Crippen molar-refractivity contribution in [3.8, 4) is 5.75 Å². The highest BCUT2D eigenvalue weighted by atomic mass is 79.9. The first-order chi connectivity index (χ1) is 8.58. The molecule has 1 N–H and O–H groups in total. The van der Waals surface area contributed by atoms with Gasteiger partial charge in [-0.15, -0.1) is 0 Å². The Hall–Kier alpha value is -0.540. The Morgan fingerprint density at radius 1 is 1.33 bits per heavy atom. The third kappa shape index (κ3) is 4.62. The summed E-state index contributed by atoms with van der Waals surface area (Å²) in [5.41, 5.74) is 1.16. The zero-order valence-corrected chi connectivity index (χ0v) is 13.2. The molecule has 18 heavy (non-hydrogen) atoms. The van der Waals surface area contributed by atoms with E-state index >= 15 is 0 Å². The second-order valence-corrected chi connectivity index (χ2v) is 5.71.